The molecule has 6 heteroatoms. The summed E-state index contributed by atoms with van der Waals surface area (Å²) in [5, 5.41) is 2.73. The Hall–Kier alpha value is -3.15. The van der Waals surface area contributed by atoms with Crippen LogP contribution in [0, 0.1) is 5.92 Å². The van der Waals surface area contributed by atoms with E-state index >= 15 is 0 Å². The van der Waals surface area contributed by atoms with E-state index in [1.54, 1.807) is 38.3 Å². The van der Waals surface area contributed by atoms with Gasteiger partial charge in [0.1, 0.15) is 11.6 Å². The molecule has 1 aliphatic heterocycles. The van der Waals surface area contributed by atoms with Crippen LogP contribution < -0.4 is 10.1 Å². The summed E-state index contributed by atoms with van der Waals surface area (Å²) in [6.45, 7) is 1.91. The summed E-state index contributed by atoms with van der Waals surface area (Å²) in [6, 6.07) is 15.8. The van der Waals surface area contributed by atoms with E-state index in [0.29, 0.717) is 11.6 Å². The fourth-order valence-corrected chi connectivity index (χ4v) is 2.86. The summed E-state index contributed by atoms with van der Waals surface area (Å²) >= 11 is 0. The molecule has 3 rings (SSSR count). The second kappa shape index (κ2) is 7.82. The molecule has 134 valence electrons. The SMILES string of the molecule is CCOC(=O)[C@@H]1C(=O)NC(c2ccccc2)=N[C@@H]1c1ccc(OC)cc1. The number of ether oxygens (including phenoxy) is 2. The van der Waals surface area contributed by atoms with E-state index in [2.05, 4.69) is 10.3 Å². The first-order valence-corrected chi connectivity index (χ1v) is 8.38. The number of carbonyl (C=O) groups excluding carboxylic acids is 2. The van der Waals surface area contributed by atoms with Crippen LogP contribution >= 0.6 is 0 Å². The highest BCUT2D eigenvalue weighted by Crippen LogP contribution is 2.32. The van der Waals surface area contributed by atoms with Crippen LogP contribution in [-0.2, 0) is 14.3 Å². The van der Waals surface area contributed by atoms with Crippen molar-refractivity contribution in [3.63, 3.8) is 0 Å². The first-order chi connectivity index (χ1) is 12.6. The zero-order valence-corrected chi connectivity index (χ0v) is 14.6. The molecule has 2 aromatic rings. The Kier molecular flexibility index (Phi) is 5.31. The first-order valence-electron chi connectivity index (χ1n) is 8.38. The molecule has 0 saturated carbocycles. The summed E-state index contributed by atoms with van der Waals surface area (Å²) in [6.07, 6.45) is 0. The van der Waals surface area contributed by atoms with Crippen LogP contribution in [0.4, 0.5) is 0 Å². The average Bonchev–Trinajstić information content (AvgIpc) is 2.68. The number of benzene rings is 2. The second-order valence-corrected chi connectivity index (χ2v) is 5.78. The topological polar surface area (TPSA) is 77.0 Å². The Labute approximate surface area is 151 Å². The highest BCUT2D eigenvalue weighted by molar-refractivity contribution is 6.14. The van der Waals surface area contributed by atoms with Crippen LogP contribution in [0.1, 0.15) is 24.1 Å². The van der Waals surface area contributed by atoms with Gasteiger partial charge >= 0.3 is 5.97 Å². The molecule has 0 aliphatic carbocycles. The third kappa shape index (κ3) is 3.59. The van der Waals surface area contributed by atoms with Crippen molar-refractivity contribution in [3.05, 3.63) is 65.7 Å². The van der Waals surface area contributed by atoms with Gasteiger partial charge in [-0.25, -0.2) is 0 Å². The molecule has 2 aromatic carbocycles. The van der Waals surface area contributed by atoms with Crippen molar-refractivity contribution in [1.29, 1.82) is 0 Å². The van der Waals surface area contributed by atoms with Gasteiger partial charge in [0.15, 0.2) is 5.92 Å². The smallest absolute Gasteiger partial charge is 0.321 e. The Morgan fingerprint density at radius 1 is 1.12 bits per heavy atom. The van der Waals surface area contributed by atoms with Crippen molar-refractivity contribution in [2.45, 2.75) is 13.0 Å². The number of hydrogen-bond donors (Lipinski definition) is 1. The van der Waals surface area contributed by atoms with E-state index < -0.39 is 23.8 Å². The monoisotopic (exact) mass is 352 g/mol. The van der Waals surface area contributed by atoms with E-state index in [4.69, 9.17) is 9.47 Å². The predicted molar refractivity (Wildman–Crippen MR) is 97.0 cm³/mol. The Morgan fingerprint density at radius 2 is 1.81 bits per heavy atom. The molecular weight excluding hydrogens is 332 g/mol. The number of hydrogen-bond acceptors (Lipinski definition) is 5. The molecule has 0 unspecified atom stereocenters. The Bertz CT molecular complexity index is 815. The number of amidine groups is 1. The molecule has 0 aromatic heterocycles. The highest BCUT2D eigenvalue weighted by Gasteiger charge is 2.41. The zero-order chi connectivity index (χ0) is 18.5. The second-order valence-electron chi connectivity index (χ2n) is 5.78. The number of carbonyl (C=O) groups is 2. The number of nitrogens with zero attached hydrogens (tertiary/aromatic N) is 1. The number of nitrogens with one attached hydrogen (secondary N) is 1. The molecule has 0 bridgehead atoms. The maximum absolute atomic E-state index is 12.7. The molecule has 6 nitrogen and oxygen atoms in total. The first kappa shape index (κ1) is 17.7. The van der Waals surface area contributed by atoms with Crippen LogP contribution in [0.3, 0.4) is 0 Å². The zero-order valence-electron chi connectivity index (χ0n) is 14.6. The largest absolute Gasteiger partial charge is 0.497 e. The summed E-state index contributed by atoms with van der Waals surface area (Å²) in [5.74, 6) is -0.901. The van der Waals surface area contributed by atoms with Gasteiger partial charge in [0, 0.05) is 5.56 Å². The van der Waals surface area contributed by atoms with Crippen molar-refractivity contribution in [1.82, 2.24) is 5.32 Å². The molecule has 2 atom stereocenters. The molecule has 1 aliphatic rings. The maximum Gasteiger partial charge on any atom is 0.321 e. The van der Waals surface area contributed by atoms with Gasteiger partial charge in [0.25, 0.3) is 0 Å². The molecule has 0 fully saturated rings. The summed E-state index contributed by atoms with van der Waals surface area (Å²) in [5.41, 5.74) is 1.52. The number of methoxy groups -OCH3 is 1. The van der Waals surface area contributed by atoms with Crippen LogP contribution in [0.25, 0.3) is 0 Å². The summed E-state index contributed by atoms with van der Waals surface area (Å²) in [7, 11) is 1.58. The molecule has 26 heavy (non-hydrogen) atoms. The van der Waals surface area contributed by atoms with Crippen molar-refractivity contribution >= 4 is 17.7 Å². The van der Waals surface area contributed by atoms with Gasteiger partial charge in [0.05, 0.1) is 19.8 Å². The van der Waals surface area contributed by atoms with Crippen molar-refractivity contribution in [2.75, 3.05) is 13.7 Å². The lowest BCUT2D eigenvalue weighted by Crippen LogP contribution is -2.47. The minimum atomic E-state index is -1.03. The molecule has 0 radical (unpaired) electrons. The lowest BCUT2D eigenvalue weighted by atomic mass is 9.90. The minimum Gasteiger partial charge on any atom is -0.497 e. The van der Waals surface area contributed by atoms with Gasteiger partial charge in [-0.15, -0.1) is 0 Å². The quantitative estimate of drug-likeness (QED) is 0.662. The van der Waals surface area contributed by atoms with Crippen molar-refractivity contribution in [2.24, 2.45) is 10.9 Å². The molecule has 0 saturated heterocycles. The highest BCUT2D eigenvalue weighted by atomic mass is 16.5. The molecule has 1 amide bonds. The fourth-order valence-electron chi connectivity index (χ4n) is 2.86. The van der Waals surface area contributed by atoms with Crippen LogP contribution in [-0.4, -0.2) is 31.4 Å². The number of rotatable bonds is 5. The van der Waals surface area contributed by atoms with E-state index in [-0.39, 0.29) is 6.61 Å². The number of esters is 1. The number of aliphatic imine (C=N–C) groups is 1. The molecule has 1 heterocycles. The predicted octanol–water partition coefficient (Wildman–Crippen LogP) is 2.49. The standard InChI is InChI=1S/C20H20N2O4/c1-3-26-20(24)16-17(13-9-11-15(25-2)12-10-13)21-18(22-19(16)23)14-7-5-4-6-8-14/h4-12,16-17H,3H2,1-2H3,(H,21,22,23)/t16-,17+/m0/s1. The van der Waals surface area contributed by atoms with Gasteiger partial charge in [-0.05, 0) is 24.6 Å². The lowest BCUT2D eigenvalue weighted by molar-refractivity contribution is -0.153. The van der Waals surface area contributed by atoms with Crippen LogP contribution in [0.5, 0.6) is 5.75 Å². The Balaban J connectivity index is 2.04. The lowest BCUT2D eigenvalue weighted by Gasteiger charge is -2.28. The normalized spacial score (nSPS) is 19.3. The van der Waals surface area contributed by atoms with Gasteiger partial charge in [-0.2, -0.15) is 0 Å². The third-order valence-electron chi connectivity index (χ3n) is 4.15. The van der Waals surface area contributed by atoms with E-state index in [9.17, 15) is 9.59 Å². The van der Waals surface area contributed by atoms with Gasteiger partial charge in [-0.1, -0.05) is 42.5 Å². The average molecular weight is 352 g/mol. The van der Waals surface area contributed by atoms with E-state index in [0.717, 1.165) is 11.1 Å². The molecular formula is C20H20N2O4. The molecule has 1 N–H and O–H groups in total. The maximum atomic E-state index is 12.7. The summed E-state index contributed by atoms with van der Waals surface area (Å²) < 4.78 is 10.3. The molecule has 0 spiro atoms. The third-order valence-corrected chi connectivity index (χ3v) is 4.15. The van der Waals surface area contributed by atoms with E-state index in [1.807, 2.05) is 30.3 Å². The number of amides is 1. The van der Waals surface area contributed by atoms with E-state index in [1.165, 1.54) is 0 Å². The van der Waals surface area contributed by atoms with Crippen molar-refractivity contribution in [3.8, 4) is 5.75 Å². The summed E-state index contributed by atoms with van der Waals surface area (Å²) in [4.78, 5) is 29.7. The van der Waals surface area contributed by atoms with Gasteiger partial charge in [-0.3, -0.25) is 14.6 Å². The van der Waals surface area contributed by atoms with Crippen LogP contribution in [0.15, 0.2) is 59.6 Å². The Morgan fingerprint density at radius 3 is 2.42 bits per heavy atom. The van der Waals surface area contributed by atoms with Crippen molar-refractivity contribution < 1.29 is 19.1 Å². The fraction of sp³-hybridized carbons (Fsp3) is 0.250. The van der Waals surface area contributed by atoms with Gasteiger partial charge < -0.3 is 14.8 Å². The minimum absolute atomic E-state index is 0.202. The van der Waals surface area contributed by atoms with Crippen LogP contribution in [0.2, 0.25) is 0 Å². The van der Waals surface area contributed by atoms with Gasteiger partial charge in [0.2, 0.25) is 5.91 Å².